The van der Waals surface area contributed by atoms with Crippen LogP contribution in [0, 0.1) is 0 Å². The number of aryl methyl sites for hydroxylation is 1. The fourth-order valence-corrected chi connectivity index (χ4v) is 3.05. The lowest BCUT2D eigenvalue weighted by molar-refractivity contribution is -0.127. The normalized spacial score (nSPS) is 15.5. The van der Waals surface area contributed by atoms with E-state index in [1.54, 1.807) is 0 Å². The number of rotatable bonds is 9. The van der Waals surface area contributed by atoms with Crippen LogP contribution in [0.2, 0.25) is 0 Å². The summed E-state index contributed by atoms with van der Waals surface area (Å²) in [5.41, 5.74) is 1.37. The number of likely N-dealkylation sites (tertiary alicyclic amines) is 1. The van der Waals surface area contributed by atoms with Gasteiger partial charge in [-0.3, -0.25) is 9.79 Å². The van der Waals surface area contributed by atoms with E-state index in [1.165, 1.54) is 5.56 Å². The Hall–Kier alpha value is -1.31. The number of guanidine groups is 1. The van der Waals surface area contributed by atoms with Crippen molar-refractivity contribution in [2.24, 2.45) is 4.99 Å². The summed E-state index contributed by atoms with van der Waals surface area (Å²) in [5.74, 6) is 1.17. The zero-order valence-electron chi connectivity index (χ0n) is 16.0. The Morgan fingerprint density at radius 3 is 2.73 bits per heavy atom. The van der Waals surface area contributed by atoms with E-state index in [0.717, 1.165) is 57.8 Å². The lowest BCUT2D eigenvalue weighted by Gasteiger charge is -2.18. The van der Waals surface area contributed by atoms with Crippen molar-refractivity contribution in [1.29, 1.82) is 0 Å². The Morgan fingerprint density at radius 1 is 1.31 bits per heavy atom. The maximum absolute atomic E-state index is 11.6. The average Bonchev–Trinajstić information content (AvgIpc) is 3.03. The lowest BCUT2D eigenvalue weighted by atomic mass is 10.1. The van der Waals surface area contributed by atoms with Crippen molar-refractivity contribution in [3.63, 3.8) is 0 Å². The Kier molecular flexibility index (Phi) is 11.3. The minimum absolute atomic E-state index is 0. The number of amides is 1. The average molecular weight is 472 g/mol. The number of benzene rings is 1. The van der Waals surface area contributed by atoms with Crippen LogP contribution in [-0.4, -0.2) is 49.0 Å². The number of aliphatic imine (C=N–C) groups is 1. The summed E-state index contributed by atoms with van der Waals surface area (Å²) in [6.07, 6.45) is 4.76. The summed E-state index contributed by atoms with van der Waals surface area (Å²) in [5, 5.41) is 6.79. The molecule has 1 heterocycles. The van der Waals surface area contributed by atoms with Gasteiger partial charge in [0.2, 0.25) is 5.91 Å². The molecule has 26 heavy (non-hydrogen) atoms. The third kappa shape index (κ3) is 8.38. The first kappa shape index (κ1) is 22.7. The van der Waals surface area contributed by atoms with Crippen molar-refractivity contribution in [2.45, 2.75) is 52.0 Å². The number of carbonyl (C=O) groups excluding carboxylic acids is 1. The molecule has 2 N–H and O–H groups in total. The third-order valence-electron chi connectivity index (χ3n) is 4.46. The molecule has 1 aromatic carbocycles. The molecule has 5 nitrogen and oxygen atoms in total. The molecule has 0 bridgehead atoms. The summed E-state index contributed by atoms with van der Waals surface area (Å²) in [6.45, 7) is 7.60. The lowest BCUT2D eigenvalue weighted by Crippen LogP contribution is -2.42. The highest BCUT2D eigenvalue weighted by Gasteiger charge is 2.18. The zero-order valence-corrected chi connectivity index (χ0v) is 18.4. The molecule has 1 fully saturated rings. The van der Waals surface area contributed by atoms with Gasteiger partial charge < -0.3 is 15.5 Å². The molecule has 2 rings (SSSR count). The van der Waals surface area contributed by atoms with E-state index >= 15 is 0 Å². The van der Waals surface area contributed by atoms with Gasteiger partial charge in [-0.2, -0.15) is 0 Å². The minimum atomic E-state index is 0. The molecule has 146 valence electrons. The van der Waals surface area contributed by atoms with Gasteiger partial charge in [-0.15, -0.1) is 24.0 Å². The van der Waals surface area contributed by atoms with Crippen molar-refractivity contribution in [1.82, 2.24) is 15.5 Å². The van der Waals surface area contributed by atoms with Crippen LogP contribution >= 0.6 is 24.0 Å². The zero-order chi connectivity index (χ0) is 17.9. The van der Waals surface area contributed by atoms with Gasteiger partial charge >= 0.3 is 0 Å². The second-order valence-electron chi connectivity index (χ2n) is 6.67. The predicted molar refractivity (Wildman–Crippen MR) is 119 cm³/mol. The molecule has 6 heteroatoms. The molecule has 1 aliphatic rings. The van der Waals surface area contributed by atoms with Gasteiger partial charge in [-0.25, -0.2) is 0 Å². The van der Waals surface area contributed by atoms with Crippen molar-refractivity contribution in [3.8, 4) is 0 Å². The fourth-order valence-electron chi connectivity index (χ4n) is 3.05. The Balaban J connectivity index is 0.00000338. The highest BCUT2D eigenvalue weighted by molar-refractivity contribution is 14.0. The van der Waals surface area contributed by atoms with Gasteiger partial charge in [0, 0.05) is 38.6 Å². The maximum atomic E-state index is 11.6. The Labute approximate surface area is 175 Å². The van der Waals surface area contributed by atoms with Gasteiger partial charge in [0.15, 0.2) is 5.96 Å². The smallest absolute Gasteiger partial charge is 0.222 e. The Bertz CT molecular complexity index is 550. The summed E-state index contributed by atoms with van der Waals surface area (Å²) in [7, 11) is 0. The number of nitrogens with zero attached hydrogens (tertiary/aromatic N) is 2. The van der Waals surface area contributed by atoms with Crippen molar-refractivity contribution in [3.05, 3.63) is 35.9 Å². The van der Waals surface area contributed by atoms with E-state index in [1.807, 2.05) is 4.90 Å². The first-order valence-electron chi connectivity index (χ1n) is 9.55. The van der Waals surface area contributed by atoms with Crippen LogP contribution in [0.25, 0.3) is 0 Å². The molecule has 0 spiro atoms. The van der Waals surface area contributed by atoms with Gasteiger partial charge in [-0.1, -0.05) is 30.3 Å². The molecule has 1 saturated heterocycles. The van der Waals surface area contributed by atoms with Crippen LogP contribution in [0.4, 0.5) is 0 Å². The quantitative estimate of drug-likeness (QED) is 0.251. The van der Waals surface area contributed by atoms with E-state index in [0.29, 0.717) is 18.4 Å². The molecule has 0 aliphatic carbocycles. The van der Waals surface area contributed by atoms with Crippen LogP contribution in [0.1, 0.15) is 45.1 Å². The standard InChI is InChI=1S/C20H32N4O.HI/c1-3-21-20(22-14-8-16-24-15-7-11-19(24)25)23-17(2)12-13-18-9-5-4-6-10-18;/h4-6,9-10,17H,3,7-8,11-16H2,1-2H3,(H2,21,22,23);1H. The Morgan fingerprint density at radius 2 is 2.08 bits per heavy atom. The van der Waals surface area contributed by atoms with Gasteiger partial charge in [0.25, 0.3) is 0 Å². The number of carbonyl (C=O) groups is 1. The van der Waals surface area contributed by atoms with Crippen LogP contribution in [0.3, 0.4) is 0 Å². The van der Waals surface area contributed by atoms with E-state index in [9.17, 15) is 4.79 Å². The monoisotopic (exact) mass is 472 g/mol. The maximum Gasteiger partial charge on any atom is 0.222 e. The second-order valence-corrected chi connectivity index (χ2v) is 6.67. The second kappa shape index (κ2) is 12.9. The summed E-state index contributed by atoms with van der Waals surface area (Å²) in [4.78, 5) is 18.2. The fraction of sp³-hybridized carbons (Fsp3) is 0.600. The third-order valence-corrected chi connectivity index (χ3v) is 4.46. The molecule has 1 atom stereocenters. The van der Waals surface area contributed by atoms with Gasteiger partial charge in [0.05, 0.1) is 0 Å². The molecular weight excluding hydrogens is 439 g/mol. The van der Waals surface area contributed by atoms with E-state index in [4.69, 9.17) is 0 Å². The number of halogens is 1. The molecule has 1 amide bonds. The molecule has 1 aromatic rings. The van der Waals surface area contributed by atoms with Crippen LogP contribution in [0.15, 0.2) is 35.3 Å². The highest BCUT2D eigenvalue weighted by atomic mass is 127. The summed E-state index contributed by atoms with van der Waals surface area (Å²) in [6, 6.07) is 10.9. The van der Waals surface area contributed by atoms with E-state index in [-0.39, 0.29) is 24.0 Å². The van der Waals surface area contributed by atoms with Crippen LogP contribution < -0.4 is 10.6 Å². The largest absolute Gasteiger partial charge is 0.357 e. The van der Waals surface area contributed by atoms with Crippen molar-refractivity contribution >= 4 is 35.8 Å². The summed E-state index contributed by atoms with van der Waals surface area (Å²) < 4.78 is 0. The van der Waals surface area contributed by atoms with Gasteiger partial charge in [0.1, 0.15) is 0 Å². The SMILES string of the molecule is CCNC(=NCCCN1CCCC1=O)NC(C)CCc1ccccc1.I. The van der Waals surface area contributed by atoms with Crippen molar-refractivity contribution in [2.75, 3.05) is 26.2 Å². The van der Waals surface area contributed by atoms with E-state index in [2.05, 4.69) is 59.8 Å². The van der Waals surface area contributed by atoms with Crippen molar-refractivity contribution < 1.29 is 4.79 Å². The number of hydrogen-bond donors (Lipinski definition) is 2. The molecular formula is C20H33IN4O. The van der Waals surface area contributed by atoms with Crippen LogP contribution in [0.5, 0.6) is 0 Å². The molecule has 0 radical (unpaired) electrons. The number of nitrogens with one attached hydrogen (secondary N) is 2. The van der Waals surface area contributed by atoms with Crippen LogP contribution in [-0.2, 0) is 11.2 Å². The summed E-state index contributed by atoms with van der Waals surface area (Å²) >= 11 is 0. The predicted octanol–water partition coefficient (Wildman–Crippen LogP) is 3.19. The molecule has 0 saturated carbocycles. The molecule has 0 aromatic heterocycles. The first-order chi connectivity index (χ1) is 12.2. The topological polar surface area (TPSA) is 56.7 Å². The first-order valence-corrected chi connectivity index (χ1v) is 9.55. The van der Waals surface area contributed by atoms with Gasteiger partial charge in [-0.05, 0) is 45.1 Å². The molecule has 1 aliphatic heterocycles. The minimum Gasteiger partial charge on any atom is -0.357 e. The highest BCUT2D eigenvalue weighted by Crippen LogP contribution is 2.09. The number of hydrogen-bond acceptors (Lipinski definition) is 2. The molecule has 1 unspecified atom stereocenters. The van der Waals surface area contributed by atoms with E-state index < -0.39 is 0 Å².